The van der Waals surface area contributed by atoms with Crippen LogP contribution in [-0.2, 0) is 22.6 Å². The van der Waals surface area contributed by atoms with Crippen LogP contribution in [0.15, 0.2) is 60.7 Å². The number of carbonyl (C=O) groups excluding carboxylic acids is 3. The van der Waals surface area contributed by atoms with Gasteiger partial charge in [-0.15, -0.1) is 0 Å². The smallest absolute Gasteiger partial charge is 0.325 e. The number of nitrogens with zero attached hydrogens (tertiary/aromatic N) is 2. The molecular formula is C26H31N3O3. The van der Waals surface area contributed by atoms with Crippen molar-refractivity contribution in [2.75, 3.05) is 13.1 Å². The molecule has 1 aliphatic carbocycles. The number of nitrogens with one attached hydrogen (secondary N) is 1. The van der Waals surface area contributed by atoms with E-state index >= 15 is 0 Å². The fourth-order valence-electron chi connectivity index (χ4n) is 4.88. The van der Waals surface area contributed by atoms with Gasteiger partial charge >= 0.3 is 6.03 Å². The van der Waals surface area contributed by atoms with E-state index in [2.05, 4.69) is 5.32 Å². The molecule has 6 nitrogen and oxygen atoms in total. The molecule has 32 heavy (non-hydrogen) atoms. The number of amides is 4. The third-order valence-corrected chi connectivity index (χ3v) is 6.88. The minimum Gasteiger partial charge on any atom is -0.336 e. The van der Waals surface area contributed by atoms with Crippen LogP contribution in [0.1, 0.15) is 43.7 Å². The first kappa shape index (κ1) is 22.1. The van der Waals surface area contributed by atoms with Gasteiger partial charge in [0.1, 0.15) is 12.1 Å². The molecule has 4 rings (SSSR count). The average Bonchev–Trinajstić information content (AvgIpc) is 3.04. The van der Waals surface area contributed by atoms with Gasteiger partial charge in [-0.05, 0) is 36.3 Å². The Bertz CT molecular complexity index is 963. The van der Waals surface area contributed by atoms with Crippen LogP contribution in [0.2, 0.25) is 0 Å². The minimum atomic E-state index is -0.843. The molecule has 1 N–H and O–H groups in total. The number of rotatable bonds is 7. The second-order valence-corrected chi connectivity index (χ2v) is 8.98. The van der Waals surface area contributed by atoms with Crippen LogP contribution in [-0.4, -0.2) is 46.3 Å². The molecule has 0 radical (unpaired) electrons. The van der Waals surface area contributed by atoms with Crippen molar-refractivity contribution >= 4 is 17.8 Å². The summed E-state index contributed by atoms with van der Waals surface area (Å²) in [4.78, 5) is 42.2. The molecule has 1 saturated heterocycles. The van der Waals surface area contributed by atoms with Crippen LogP contribution >= 0.6 is 0 Å². The molecule has 1 saturated carbocycles. The van der Waals surface area contributed by atoms with E-state index in [-0.39, 0.29) is 24.3 Å². The summed E-state index contributed by atoms with van der Waals surface area (Å²) in [5.41, 5.74) is 1.32. The maximum Gasteiger partial charge on any atom is 0.325 e. The molecule has 2 aromatic rings. The van der Waals surface area contributed by atoms with Crippen molar-refractivity contribution in [3.63, 3.8) is 0 Å². The highest BCUT2D eigenvalue weighted by molar-refractivity contribution is 6.09. The first-order valence-electron chi connectivity index (χ1n) is 11.5. The summed E-state index contributed by atoms with van der Waals surface area (Å²) in [5, 5.41) is 2.94. The fourth-order valence-corrected chi connectivity index (χ4v) is 4.88. The van der Waals surface area contributed by atoms with Gasteiger partial charge in [-0.1, -0.05) is 80.4 Å². The van der Waals surface area contributed by atoms with E-state index in [1.54, 1.807) is 4.90 Å². The summed E-state index contributed by atoms with van der Waals surface area (Å²) in [6, 6.07) is 19.4. The maximum atomic E-state index is 13.3. The molecule has 2 aliphatic rings. The lowest BCUT2D eigenvalue weighted by Gasteiger charge is -2.36. The molecule has 2 atom stereocenters. The van der Waals surface area contributed by atoms with Crippen LogP contribution in [0, 0.1) is 5.92 Å². The summed E-state index contributed by atoms with van der Waals surface area (Å²) in [6.07, 6.45) is 4.24. The van der Waals surface area contributed by atoms with Crippen molar-refractivity contribution in [1.29, 1.82) is 0 Å². The van der Waals surface area contributed by atoms with Crippen molar-refractivity contribution in [2.45, 2.75) is 51.1 Å². The van der Waals surface area contributed by atoms with Gasteiger partial charge in [0.2, 0.25) is 5.91 Å². The molecule has 2 aromatic carbocycles. The number of urea groups is 1. The van der Waals surface area contributed by atoms with Crippen LogP contribution in [0.25, 0.3) is 0 Å². The van der Waals surface area contributed by atoms with Gasteiger partial charge in [-0.25, -0.2) is 4.79 Å². The highest BCUT2D eigenvalue weighted by atomic mass is 16.2. The lowest BCUT2D eigenvalue weighted by molar-refractivity contribution is -0.140. The third kappa shape index (κ3) is 4.54. The normalized spacial score (nSPS) is 22.8. The van der Waals surface area contributed by atoms with Crippen molar-refractivity contribution in [3.05, 3.63) is 71.8 Å². The Labute approximate surface area is 189 Å². The average molecular weight is 434 g/mol. The standard InChI is InChI=1S/C26H31N3O3/c1-20-10-8-9-16-26(20)24(31)29(25(32)27-26)19-23(30)28(18-22-13-6-3-7-14-22)17-15-21-11-4-2-5-12-21/h2-7,11-14,20H,8-10,15-19H2,1H3,(H,27,32)/t20-,26+/m0/s1. The van der Waals surface area contributed by atoms with Crippen molar-refractivity contribution in [1.82, 2.24) is 15.1 Å². The zero-order valence-electron chi connectivity index (χ0n) is 18.6. The molecule has 4 amide bonds. The van der Waals surface area contributed by atoms with Gasteiger partial charge < -0.3 is 10.2 Å². The van der Waals surface area contributed by atoms with Crippen LogP contribution in [0.5, 0.6) is 0 Å². The van der Waals surface area contributed by atoms with Crippen molar-refractivity contribution < 1.29 is 14.4 Å². The lowest BCUT2D eigenvalue weighted by atomic mass is 9.73. The number of benzene rings is 2. The van der Waals surface area contributed by atoms with Gasteiger partial charge in [-0.2, -0.15) is 0 Å². The topological polar surface area (TPSA) is 69.7 Å². The highest BCUT2D eigenvalue weighted by Gasteiger charge is 2.55. The summed E-state index contributed by atoms with van der Waals surface area (Å²) in [6.45, 7) is 2.76. The SMILES string of the molecule is C[C@H]1CCCC[C@@]12NC(=O)N(CC(=O)N(CCc1ccccc1)Cc1ccccc1)C2=O. The van der Waals surface area contributed by atoms with E-state index in [1.807, 2.05) is 67.6 Å². The predicted octanol–water partition coefficient (Wildman–Crippen LogP) is 3.76. The molecule has 1 spiro atoms. The zero-order chi connectivity index (χ0) is 22.6. The Morgan fingerprint density at radius 1 is 1.03 bits per heavy atom. The second-order valence-electron chi connectivity index (χ2n) is 8.98. The van der Waals surface area contributed by atoms with Gasteiger partial charge in [0, 0.05) is 13.1 Å². The van der Waals surface area contributed by atoms with E-state index in [4.69, 9.17) is 0 Å². The number of carbonyl (C=O) groups is 3. The molecule has 2 fully saturated rings. The first-order valence-corrected chi connectivity index (χ1v) is 11.5. The number of imide groups is 1. The van der Waals surface area contributed by atoms with Gasteiger partial charge in [0.05, 0.1) is 0 Å². The first-order chi connectivity index (χ1) is 15.5. The van der Waals surface area contributed by atoms with Gasteiger partial charge in [0.25, 0.3) is 5.91 Å². The van der Waals surface area contributed by atoms with E-state index in [9.17, 15) is 14.4 Å². The number of hydrogen-bond acceptors (Lipinski definition) is 3. The van der Waals surface area contributed by atoms with E-state index in [0.29, 0.717) is 25.9 Å². The third-order valence-electron chi connectivity index (χ3n) is 6.88. The Morgan fingerprint density at radius 2 is 1.69 bits per heavy atom. The van der Waals surface area contributed by atoms with E-state index < -0.39 is 11.6 Å². The van der Waals surface area contributed by atoms with Crippen molar-refractivity contribution in [3.8, 4) is 0 Å². The number of hydrogen-bond donors (Lipinski definition) is 1. The van der Waals surface area contributed by atoms with Crippen LogP contribution in [0.3, 0.4) is 0 Å². The van der Waals surface area contributed by atoms with Gasteiger partial charge in [0.15, 0.2) is 0 Å². The molecule has 0 aromatic heterocycles. The van der Waals surface area contributed by atoms with E-state index in [0.717, 1.165) is 35.3 Å². The summed E-state index contributed by atoms with van der Waals surface area (Å²) in [5.74, 6) is -0.383. The quantitative estimate of drug-likeness (QED) is 0.676. The maximum absolute atomic E-state index is 13.3. The lowest BCUT2D eigenvalue weighted by Crippen LogP contribution is -2.54. The Balaban J connectivity index is 1.48. The van der Waals surface area contributed by atoms with Gasteiger partial charge in [-0.3, -0.25) is 14.5 Å². The summed E-state index contributed by atoms with van der Waals surface area (Å²) < 4.78 is 0. The molecular weight excluding hydrogens is 402 g/mol. The molecule has 1 aliphatic heterocycles. The summed E-state index contributed by atoms with van der Waals surface area (Å²) >= 11 is 0. The Kier molecular flexibility index (Phi) is 6.58. The predicted molar refractivity (Wildman–Crippen MR) is 123 cm³/mol. The van der Waals surface area contributed by atoms with Crippen LogP contribution < -0.4 is 5.32 Å². The molecule has 0 unspecified atom stereocenters. The molecule has 168 valence electrons. The second kappa shape index (κ2) is 9.55. The Morgan fingerprint density at radius 3 is 2.34 bits per heavy atom. The fraction of sp³-hybridized carbons (Fsp3) is 0.423. The monoisotopic (exact) mass is 433 g/mol. The minimum absolute atomic E-state index is 0.0753. The van der Waals surface area contributed by atoms with Crippen molar-refractivity contribution in [2.24, 2.45) is 5.92 Å². The highest BCUT2D eigenvalue weighted by Crippen LogP contribution is 2.38. The zero-order valence-corrected chi connectivity index (χ0v) is 18.6. The van der Waals surface area contributed by atoms with E-state index in [1.165, 1.54) is 0 Å². The Hall–Kier alpha value is -3.15. The van der Waals surface area contributed by atoms with Crippen LogP contribution in [0.4, 0.5) is 4.79 Å². The largest absolute Gasteiger partial charge is 0.336 e. The molecule has 0 bridgehead atoms. The molecule has 1 heterocycles. The summed E-state index contributed by atoms with van der Waals surface area (Å²) in [7, 11) is 0. The molecule has 6 heteroatoms.